The molecular weight excluding hydrogens is 478 g/mol. The molecule has 1 unspecified atom stereocenters. The van der Waals surface area contributed by atoms with Crippen molar-refractivity contribution in [1.29, 1.82) is 5.26 Å². The van der Waals surface area contributed by atoms with Gasteiger partial charge in [-0.1, -0.05) is 74.2 Å². The Morgan fingerprint density at radius 3 is 2.33 bits per heavy atom. The first-order valence-corrected chi connectivity index (χ1v) is 13.5. The molecule has 0 heterocycles. The standard InChI is InChI=1S/C34H43N5/c1-8-15-28(9-2)22-32(11-4)39(25-31(10-3)37-33-17-14-13-16-27(33)6)26-34(36-7)38(12-5)24-30-20-18-29(23-35)19-21-30/h8-10,12-21,32H,3,5,11,22,24-26H2,1-2,4,6-7H3/b15-8-,28-9+,36-34?,37-31?. The van der Waals surface area contributed by atoms with Gasteiger partial charge in [0.1, 0.15) is 5.84 Å². The van der Waals surface area contributed by atoms with Gasteiger partial charge in [0.05, 0.1) is 29.6 Å². The minimum absolute atomic E-state index is 0.271. The Morgan fingerprint density at radius 2 is 1.79 bits per heavy atom. The Hall–Kier alpha value is -4.01. The van der Waals surface area contributed by atoms with Crippen molar-refractivity contribution in [3.05, 3.63) is 114 Å². The molecular formula is C34H43N5. The molecule has 5 heteroatoms. The largest absolute Gasteiger partial charge is 0.332 e. The zero-order valence-corrected chi connectivity index (χ0v) is 24.3. The van der Waals surface area contributed by atoms with Gasteiger partial charge in [-0.25, -0.2) is 0 Å². The number of amidine groups is 1. The van der Waals surface area contributed by atoms with Gasteiger partial charge in [-0.3, -0.25) is 14.9 Å². The Bertz CT molecular complexity index is 1240. The number of hydrogen-bond acceptors (Lipinski definition) is 4. The molecule has 0 aromatic heterocycles. The molecule has 0 aliphatic carbocycles. The molecule has 2 aromatic rings. The summed E-state index contributed by atoms with van der Waals surface area (Å²) in [7, 11) is 1.83. The first-order chi connectivity index (χ1) is 18.9. The average Bonchev–Trinajstić information content (AvgIpc) is 2.97. The van der Waals surface area contributed by atoms with Crippen molar-refractivity contribution < 1.29 is 0 Å². The van der Waals surface area contributed by atoms with Crippen molar-refractivity contribution in [2.75, 3.05) is 20.1 Å². The summed E-state index contributed by atoms with van der Waals surface area (Å²) in [5, 5.41) is 9.15. The molecule has 0 saturated heterocycles. The van der Waals surface area contributed by atoms with Gasteiger partial charge in [-0.15, -0.1) is 0 Å². The molecule has 39 heavy (non-hydrogen) atoms. The minimum Gasteiger partial charge on any atom is -0.332 e. The summed E-state index contributed by atoms with van der Waals surface area (Å²) < 4.78 is 0. The lowest BCUT2D eigenvalue weighted by atomic mass is 10.0. The molecule has 5 nitrogen and oxygen atoms in total. The van der Waals surface area contributed by atoms with Gasteiger partial charge in [0, 0.05) is 26.2 Å². The molecule has 0 amide bonds. The van der Waals surface area contributed by atoms with Crippen LogP contribution in [0.1, 0.15) is 50.3 Å². The quantitative estimate of drug-likeness (QED) is 0.145. The SMILES string of the molecule is C=CC(CN(CC(=NC)N(C=C)Cc1ccc(C#N)cc1)C(CC)CC(/C=C\C)=C/C)=Nc1ccccc1C. The van der Waals surface area contributed by atoms with Crippen LogP contribution in [0.25, 0.3) is 0 Å². The third-order valence-corrected chi connectivity index (χ3v) is 6.78. The highest BCUT2D eigenvalue weighted by atomic mass is 15.2. The Kier molecular flexibility index (Phi) is 13.4. The van der Waals surface area contributed by atoms with E-state index in [0.29, 0.717) is 25.2 Å². The van der Waals surface area contributed by atoms with Crippen molar-refractivity contribution in [2.24, 2.45) is 9.98 Å². The molecule has 1 atom stereocenters. The maximum absolute atomic E-state index is 9.15. The molecule has 204 valence electrons. The summed E-state index contributed by atoms with van der Waals surface area (Å²) in [5.41, 5.74) is 6.06. The van der Waals surface area contributed by atoms with E-state index in [1.54, 1.807) is 0 Å². The summed E-state index contributed by atoms with van der Waals surface area (Å²) in [5.74, 6) is 0.917. The van der Waals surface area contributed by atoms with E-state index in [2.05, 4.69) is 81.0 Å². The van der Waals surface area contributed by atoms with Gasteiger partial charge < -0.3 is 4.90 Å². The van der Waals surface area contributed by atoms with Gasteiger partial charge in [-0.2, -0.15) is 5.26 Å². The van der Waals surface area contributed by atoms with E-state index in [4.69, 9.17) is 15.2 Å². The van der Waals surface area contributed by atoms with Crippen molar-refractivity contribution in [1.82, 2.24) is 9.80 Å². The third kappa shape index (κ3) is 9.67. The number of nitriles is 1. The maximum Gasteiger partial charge on any atom is 0.117 e. The molecule has 0 radical (unpaired) electrons. The van der Waals surface area contributed by atoms with Crippen LogP contribution in [0.2, 0.25) is 0 Å². The van der Waals surface area contributed by atoms with E-state index in [0.717, 1.165) is 41.2 Å². The van der Waals surface area contributed by atoms with Gasteiger partial charge in [-0.05, 0) is 75.2 Å². The molecule has 0 N–H and O–H groups in total. The Balaban J connectivity index is 2.42. The summed E-state index contributed by atoms with van der Waals surface area (Å²) in [6.45, 7) is 18.5. The fourth-order valence-corrected chi connectivity index (χ4v) is 4.43. The van der Waals surface area contributed by atoms with E-state index < -0.39 is 0 Å². The van der Waals surface area contributed by atoms with Crippen LogP contribution in [0.3, 0.4) is 0 Å². The van der Waals surface area contributed by atoms with Gasteiger partial charge in [0.15, 0.2) is 0 Å². The first kappa shape index (κ1) is 31.2. The number of para-hydroxylation sites is 1. The Morgan fingerprint density at radius 1 is 1.08 bits per heavy atom. The molecule has 0 aliphatic heterocycles. The van der Waals surface area contributed by atoms with E-state index in [1.165, 1.54) is 5.57 Å². The second kappa shape index (κ2) is 16.8. The van der Waals surface area contributed by atoms with Crippen LogP contribution in [-0.4, -0.2) is 47.5 Å². The van der Waals surface area contributed by atoms with Crippen LogP contribution >= 0.6 is 0 Å². The topological polar surface area (TPSA) is 55.0 Å². The summed E-state index contributed by atoms with van der Waals surface area (Å²) in [6.07, 6.45) is 12.1. The third-order valence-electron chi connectivity index (χ3n) is 6.78. The highest BCUT2D eigenvalue weighted by Crippen LogP contribution is 2.21. The van der Waals surface area contributed by atoms with E-state index in [9.17, 15) is 0 Å². The molecule has 0 aliphatic rings. The minimum atomic E-state index is 0.271. The normalized spacial score (nSPS) is 13.4. The lowest BCUT2D eigenvalue weighted by Gasteiger charge is -2.34. The summed E-state index contributed by atoms with van der Waals surface area (Å²) in [6, 6.07) is 18.3. The number of benzene rings is 2. The second-order valence-corrected chi connectivity index (χ2v) is 9.39. The second-order valence-electron chi connectivity index (χ2n) is 9.39. The maximum atomic E-state index is 9.15. The molecule has 0 saturated carbocycles. The zero-order valence-electron chi connectivity index (χ0n) is 24.3. The predicted octanol–water partition coefficient (Wildman–Crippen LogP) is 7.79. The van der Waals surface area contributed by atoms with Crippen LogP contribution in [0.4, 0.5) is 5.69 Å². The average molecular weight is 522 g/mol. The van der Waals surface area contributed by atoms with Gasteiger partial charge >= 0.3 is 0 Å². The van der Waals surface area contributed by atoms with E-state index in [-0.39, 0.29) is 6.04 Å². The van der Waals surface area contributed by atoms with Crippen LogP contribution in [0.5, 0.6) is 0 Å². The molecule has 0 fully saturated rings. The highest BCUT2D eigenvalue weighted by Gasteiger charge is 2.23. The fourth-order valence-electron chi connectivity index (χ4n) is 4.43. The monoisotopic (exact) mass is 521 g/mol. The van der Waals surface area contributed by atoms with Crippen LogP contribution < -0.4 is 0 Å². The van der Waals surface area contributed by atoms with E-state index >= 15 is 0 Å². The molecule has 2 rings (SSSR count). The summed E-state index contributed by atoms with van der Waals surface area (Å²) in [4.78, 5) is 14.2. The fraction of sp³-hybridized carbons (Fsp3) is 0.324. The lowest BCUT2D eigenvalue weighted by molar-refractivity contribution is 0.240. The number of nitrogens with zero attached hydrogens (tertiary/aromatic N) is 5. The molecule has 0 bridgehead atoms. The lowest BCUT2D eigenvalue weighted by Crippen LogP contribution is -2.45. The van der Waals surface area contributed by atoms with Gasteiger partial charge in [0.25, 0.3) is 0 Å². The van der Waals surface area contributed by atoms with Gasteiger partial charge in [0.2, 0.25) is 0 Å². The van der Waals surface area contributed by atoms with Crippen molar-refractivity contribution in [3.63, 3.8) is 0 Å². The number of rotatable bonds is 14. The Labute approximate surface area is 235 Å². The molecule has 2 aromatic carbocycles. The predicted molar refractivity (Wildman–Crippen MR) is 168 cm³/mol. The number of aryl methyl sites for hydroxylation is 1. The highest BCUT2D eigenvalue weighted by molar-refractivity contribution is 5.98. The van der Waals surface area contributed by atoms with E-state index in [1.807, 2.05) is 61.8 Å². The molecule has 0 spiro atoms. The van der Waals surface area contributed by atoms with Crippen molar-refractivity contribution in [2.45, 2.75) is 53.1 Å². The summed E-state index contributed by atoms with van der Waals surface area (Å²) >= 11 is 0. The smallest absolute Gasteiger partial charge is 0.117 e. The number of hydrogen-bond donors (Lipinski definition) is 0. The van der Waals surface area contributed by atoms with Crippen molar-refractivity contribution in [3.8, 4) is 6.07 Å². The zero-order chi connectivity index (χ0) is 28.6. The van der Waals surface area contributed by atoms with Crippen LogP contribution in [-0.2, 0) is 6.54 Å². The first-order valence-electron chi connectivity index (χ1n) is 13.5. The van der Waals surface area contributed by atoms with Crippen LogP contribution in [0.15, 0.2) is 108 Å². The number of aliphatic imine (C=N–C) groups is 2. The van der Waals surface area contributed by atoms with Crippen molar-refractivity contribution >= 4 is 17.2 Å². The number of allylic oxidation sites excluding steroid dienone is 3. The van der Waals surface area contributed by atoms with Crippen LogP contribution in [0, 0.1) is 18.3 Å².